The molecule has 22 heavy (non-hydrogen) atoms. The first-order valence-electron chi connectivity index (χ1n) is 6.94. The van der Waals surface area contributed by atoms with Crippen LogP contribution >= 0.6 is 15.9 Å². The average Bonchev–Trinajstić information content (AvgIpc) is 2.72. The zero-order chi connectivity index (χ0) is 15.9. The van der Waals surface area contributed by atoms with E-state index < -0.39 is 11.7 Å². The van der Waals surface area contributed by atoms with Crippen LogP contribution in [0.1, 0.15) is 21.5 Å². The van der Waals surface area contributed by atoms with Crippen LogP contribution in [-0.4, -0.2) is 18.4 Å². The number of rotatable bonds is 3. The quantitative estimate of drug-likeness (QED) is 0.851. The number of nitrogens with one attached hydrogen (secondary N) is 1. The Morgan fingerprint density at radius 2 is 1.82 bits per heavy atom. The summed E-state index contributed by atoms with van der Waals surface area (Å²) in [6, 6.07) is 11.3. The molecule has 2 aromatic carbocycles. The lowest BCUT2D eigenvalue weighted by Gasteiger charge is -2.18. The van der Waals surface area contributed by atoms with Crippen molar-refractivity contribution in [3.05, 3.63) is 57.6 Å². The molecule has 1 aliphatic rings. The van der Waals surface area contributed by atoms with E-state index in [9.17, 15) is 9.59 Å². The predicted octanol–water partition coefficient (Wildman–Crippen LogP) is 3.66. The largest absolute Gasteiger partial charge is 0.367 e. The van der Waals surface area contributed by atoms with E-state index in [4.69, 9.17) is 0 Å². The summed E-state index contributed by atoms with van der Waals surface area (Å²) in [7, 11) is 0. The first-order valence-corrected chi connectivity index (χ1v) is 7.73. The lowest BCUT2D eigenvalue weighted by Crippen LogP contribution is -2.34. The summed E-state index contributed by atoms with van der Waals surface area (Å²) in [6.07, 6.45) is 0. The first-order chi connectivity index (χ1) is 10.5. The van der Waals surface area contributed by atoms with Gasteiger partial charge in [-0.2, -0.15) is 0 Å². The number of halogens is 1. The smallest absolute Gasteiger partial charge is 0.300 e. The molecule has 0 radical (unpaired) electrons. The van der Waals surface area contributed by atoms with Crippen LogP contribution in [0.15, 0.2) is 40.9 Å². The predicted molar refractivity (Wildman–Crippen MR) is 90.4 cm³/mol. The van der Waals surface area contributed by atoms with Crippen molar-refractivity contribution in [2.24, 2.45) is 0 Å². The Balaban J connectivity index is 1.83. The lowest BCUT2D eigenvalue weighted by molar-refractivity contribution is -0.114. The number of carbonyl (C=O) groups is 2. The molecule has 0 unspecified atom stereocenters. The summed E-state index contributed by atoms with van der Waals surface area (Å²) in [5.41, 5.74) is 4.41. The molecule has 0 fully saturated rings. The highest BCUT2D eigenvalue weighted by molar-refractivity contribution is 9.10. The molecule has 1 amide bonds. The minimum Gasteiger partial charge on any atom is -0.367 e. The summed E-state index contributed by atoms with van der Waals surface area (Å²) < 4.78 is 0.788. The van der Waals surface area contributed by atoms with E-state index >= 15 is 0 Å². The molecule has 0 atom stereocenters. The van der Waals surface area contributed by atoms with Gasteiger partial charge in [0.2, 0.25) is 0 Å². The Bertz CT molecular complexity index is 786. The van der Waals surface area contributed by atoms with Gasteiger partial charge < -0.3 is 5.32 Å². The maximum Gasteiger partial charge on any atom is 0.300 e. The molecular weight excluding hydrogens is 344 g/mol. The molecule has 1 heterocycles. The van der Waals surface area contributed by atoms with Crippen LogP contribution in [0.25, 0.3) is 0 Å². The van der Waals surface area contributed by atoms with E-state index in [2.05, 4.69) is 28.2 Å². The zero-order valence-electron chi connectivity index (χ0n) is 12.3. The summed E-state index contributed by atoms with van der Waals surface area (Å²) in [5, 5.41) is 3.20. The monoisotopic (exact) mass is 358 g/mol. The molecule has 1 aliphatic heterocycles. The third-order valence-electron chi connectivity index (χ3n) is 3.88. The number of hydrogen-bond donors (Lipinski definition) is 1. The average molecular weight is 359 g/mol. The topological polar surface area (TPSA) is 49.4 Å². The van der Waals surface area contributed by atoms with Crippen molar-refractivity contribution >= 4 is 39.0 Å². The molecular formula is C17H15BrN2O2. The standard InChI is InChI=1S/C17H15BrN2O2/c1-10-3-5-13(7-11(10)2)19-9-20-15-6-4-12(18)8-14(15)16(21)17(20)22/h3-8,19H,9H2,1-2H3. The highest BCUT2D eigenvalue weighted by atomic mass is 79.9. The number of Topliss-reactive ketones (excluding diaryl/α,β-unsaturated/α-hetero) is 1. The molecule has 0 spiro atoms. The minimum absolute atomic E-state index is 0.266. The van der Waals surface area contributed by atoms with E-state index in [1.54, 1.807) is 12.1 Å². The van der Waals surface area contributed by atoms with Gasteiger partial charge in [0.05, 0.1) is 17.9 Å². The van der Waals surface area contributed by atoms with Gasteiger partial charge in [-0.1, -0.05) is 22.0 Å². The Labute approximate surface area is 137 Å². The SMILES string of the molecule is Cc1ccc(NCN2C(=O)C(=O)c3cc(Br)ccc32)cc1C. The van der Waals surface area contributed by atoms with Gasteiger partial charge in [0, 0.05) is 10.2 Å². The van der Waals surface area contributed by atoms with Crippen molar-refractivity contribution in [2.45, 2.75) is 13.8 Å². The van der Waals surface area contributed by atoms with Gasteiger partial charge in [-0.15, -0.1) is 0 Å². The number of nitrogens with zero attached hydrogens (tertiary/aromatic N) is 1. The van der Waals surface area contributed by atoms with Crippen LogP contribution in [0, 0.1) is 13.8 Å². The molecule has 4 nitrogen and oxygen atoms in total. The molecule has 2 aromatic rings. The normalized spacial score (nSPS) is 13.5. The maximum atomic E-state index is 12.1. The van der Waals surface area contributed by atoms with Crippen molar-refractivity contribution in [1.82, 2.24) is 0 Å². The molecule has 0 saturated carbocycles. The van der Waals surface area contributed by atoms with Gasteiger partial charge >= 0.3 is 5.91 Å². The Hall–Kier alpha value is -2.14. The van der Waals surface area contributed by atoms with Crippen LogP contribution in [-0.2, 0) is 4.79 Å². The van der Waals surface area contributed by atoms with Crippen molar-refractivity contribution in [3.8, 4) is 0 Å². The maximum absolute atomic E-state index is 12.1. The number of anilines is 2. The number of fused-ring (bicyclic) bond motifs is 1. The number of hydrogen-bond acceptors (Lipinski definition) is 3. The van der Waals surface area contributed by atoms with Crippen molar-refractivity contribution in [2.75, 3.05) is 16.9 Å². The van der Waals surface area contributed by atoms with Crippen molar-refractivity contribution < 1.29 is 9.59 Å². The first kappa shape index (κ1) is 14.8. The zero-order valence-corrected chi connectivity index (χ0v) is 13.9. The molecule has 0 aliphatic carbocycles. The number of carbonyl (C=O) groups excluding carboxylic acids is 2. The van der Waals surface area contributed by atoms with E-state index in [1.807, 2.05) is 31.2 Å². The second-order valence-electron chi connectivity index (χ2n) is 5.36. The van der Waals surface area contributed by atoms with Gasteiger partial charge in [-0.05, 0) is 55.3 Å². The molecule has 0 bridgehead atoms. The van der Waals surface area contributed by atoms with E-state index in [-0.39, 0.29) is 6.67 Å². The third-order valence-corrected chi connectivity index (χ3v) is 4.37. The fourth-order valence-corrected chi connectivity index (χ4v) is 2.81. The summed E-state index contributed by atoms with van der Waals surface area (Å²) in [4.78, 5) is 25.6. The summed E-state index contributed by atoms with van der Waals surface area (Å²) in [6.45, 7) is 4.36. The number of benzene rings is 2. The van der Waals surface area contributed by atoms with Gasteiger partial charge in [0.1, 0.15) is 0 Å². The minimum atomic E-state index is -0.496. The van der Waals surface area contributed by atoms with Crippen LogP contribution in [0.3, 0.4) is 0 Å². The van der Waals surface area contributed by atoms with Crippen LogP contribution in [0.2, 0.25) is 0 Å². The van der Waals surface area contributed by atoms with E-state index in [0.717, 1.165) is 10.2 Å². The van der Waals surface area contributed by atoms with Crippen LogP contribution in [0.4, 0.5) is 11.4 Å². The molecule has 0 saturated heterocycles. The molecule has 0 aromatic heterocycles. The summed E-state index contributed by atoms with van der Waals surface area (Å²) >= 11 is 3.32. The molecule has 5 heteroatoms. The highest BCUT2D eigenvalue weighted by Gasteiger charge is 2.35. The van der Waals surface area contributed by atoms with Crippen LogP contribution in [0.5, 0.6) is 0 Å². The number of ketones is 1. The Kier molecular flexibility index (Phi) is 3.74. The second-order valence-corrected chi connectivity index (χ2v) is 6.27. The molecule has 112 valence electrons. The highest BCUT2D eigenvalue weighted by Crippen LogP contribution is 2.31. The fourth-order valence-electron chi connectivity index (χ4n) is 2.45. The Morgan fingerprint density at radius 3 is 2.55 bits per heavy atom. The summed E-state index contributed by atoms with van der Waals surface area (Å²) in [5.74, 6) is -0.956. The van der Waals surface area contributed by atoms with Gasteiger partial charge in [-0.3, -0.25) is 14.5 Å². The Morgan fingerprint density at radius 1 is 1.05 bits per heavy atom. The lowest BCUT2D eigenvalue weighted by atomic mass is 10.1. The molecule has 1 N–H and O–H groups in total. The van der Waals surface area contributed by atoms with Crippen molar-refractivity contribution in [1.29, 1.82) is 0 Å². The third kappa shape index (κ3) is 2.52. The van der Waals surface area contributed by atoms with Crippen LogP contribution < -0.4 is 10.2 Å². The fraction of sp³-hybridized carbons (Fsp3) is 0.176. The number of amides is 1. The van der Waals surface area contributed by atoms with E-state index in [0.29, 0.717) is 11.3 Å². The second kappa shape index (κ2) is 5.57. The number of aryl methyl sites for hydroxylation is 2. The van der Waals surface area contributed by atoms with Crippen molar-refractivity contribution in [3.63, 3.8) is 0 Å². The molecule has 3 rings (SSSR count). The van der Waals surface area contributed by atoms with Gasteiger partial charge in [0.15, 0.2) is 0 Å². The van der Waals surface area contributed by atoms with Gasteiger partial charge in [-0.25, -0.2) is 0 Å². The van der Waals surface area contributed by atoms with Gasteiger partial charge in [0.25, 0.3) is 5.78 Å². The van der Waals surface area contributed by atoms with E-state index in [1.165, 1.54) is 16.0 Å².